The Hall–Kier alpha value is -1.86. The van der Waals surface area contributed by atoms with Crippen molar-refractivity contribution >= 4 is 33.5 Å². The highest BCUT2D eigenvalue weighted by atomic mass is 32.1. The molecular formula is C22H31N5OS. The monoisotopic (exact) mass is 413 g/mol. The number of unbranched alkanes of at least 4 members (excludes halogenated alkanes) is 1. The number of carbonyl (C=O) groups is 1. The Morgan fingerprint density at radius 3 is 2.72 bits per heavy atom. The van der Waals surface area contributed by atoms with Crippen molar-refractivity contribution in [2.45, 2.75) is 50.6 Å². The number of hydrogen-bond acceptors (Lipinski definition) is 5. The molecule has 156 valence electrons. The number of hydrogen-bond donors (Lipinski definition) is 1. The number of urea groups is 1. The third-order valence-corrected chi connectivity index (χ3v) is 7.67. The van der Waals surface area contributed by atoms with Gasteiger partial charge in [0, 0.05) is 38.1 Å². The normalized spacial score (nSPS) is 25.4. The molecule has 3 heterocycles. The van der Waals surface area contributed by atoms with Gasteiger partial charge in [-0.2, -0.15) is 4.37 Å². The first kappa shape index (κ1) is 19.1. The van der Waals surface area contributed by atoms with E-state index in [0.29, 0.717) is 12.1 Å². The van der Waals surface area contributed by atoms with Crippen LogP contribution in [-0.4, -0.2) is 71.6 Å². The maximum Gasteiger partial charge on any atom is 0.318 e. The Bertz CT molecular complexity index is 847. The van der Waals surface area contributed by atoms with Crippen LogP contribution < -0.4 is 10.2 Å². The number of aromatic nitrogens is 1. The molecule has 7 heteroatoms. The van der Waals surface area contributed by atoms with Crippen molar-refractivity contribution in [3.8, 4) is 0 Å². The lowest BCUT2D eigenvalue weighted by Crippen LogP contribution is -2.47. The number of amides is 2. The zero-order valence-electron chi connectivity index (χ0n) is 17.1. The molecule has 1 aromatic heterocycles. The number of carbonyl (C=O) groups excluding carboxylic acids is 1. The smallest absolute Gasteiger partial charge is 0.318 e. The summed E-state index contributed by atoms with van der Waals surface area (Å²) in [6, 6.07) is 9.56. The van der Waals surface area contributed by atoms with Crippen LogP contribution in [0.4, 0.5) is 10.6 Å². The van der Waals surface area contributed by atoms with E-state index in [1.54, 1.807) is 11.5 Å². The highest BCUT2D eigenvalue weighted by Gasteiger charge is 2.39. The Morgan fingerprint density at radius 2 is 1.83 bits per heavy atom. The Kier molecular flexibility index (Phi) is 5.59. The molecule has 0 bridgehead atoms. The second kappa shape index (κ2) is 8.48. The van der Waals surface area contributed by atoms with Gasteiger partial charge in [-0.05, 0) is 55.9 Å². The summed E-state index contributed by atoms with van der Waals surface area (Å²) in [6.07, 6.45) is 7.14. The highest BCUT2D eigenvalue weighted by Crippen LogP contribution is 2.30. The molecule has 2 aromatic rings. The molecule has 2 atom stereocenters. The Balaban J connectivity index is 1.06. The first-order chi connectivity index (χ1) is 14.3. The molecule has 1 saturated carbocycles. The van der Waals surface area contributed by atoms with Gasteiger partial charge in [0.25, 0.3) is 0 Å². The van der Waals surface area contributed by atoms with Crippen molar-refractivity contribution in [1.82, 2.24) is 19.5 Å². The molecular weight excluding hydrogens is 382 g/mol. The van der Waals surface area contributed by atoms with Gasteiger partial charge in [-0.1, -0.05) is 25.0 Å². The first-order valence-corrected chi connectivity index (χ1v) is 12.0. The summed E-state index contributed by atoms with van der Waals surface area (Å²) in [7, 11) is 0. The average molecular weight is 414 g/mol. The van der Waals surface area contributed by atoms with Crippen LogP contribution in [0, 0.1) is 0 Å². The molecule has 6 nitrogen and oxygen atoms in total. The SMILES string of the molecule is O=C1NC2CCCCC2N1CCCCN1CCN(c2nsc3ccccc23)CC1. The standard InChI is InChI=1S/C22H31N5OS/c28-22-23-18-8-2-3-9-19(18)27(22)12-6-5-11-25-13-15-26(16-14-25)21-17-7-1-4-10-20(17)29-24-21/h1,4,7,10,18-19H,2-3,5-6,8-9,11-16H2,(H,23,28). The lowest BCUT2D eigenvalue weighted by atomic mass is 9.91. The molecule has 29 heavy (non-hydrogen) atoms. The molecule has 1 aromatic carbocycles. The van der Waals surface area contributed by atoms with Crippen LogP contribution in [0.2, 0.25) is 0 Å². The number of nitrogens with zero attached hydrogens (tertiary/aromatic N) is 4. The van der Waals surface area contributed by atoms with E-state index < -0.39 is 0 Å². The van der Waals surface area contributed by atoms with E-state index in [2.05, 4.69) is 44.3 Å². The number of piperazine rings is 1. The number of nitrogens with one attached hydrogen (secondary N) is 1. The Labute approximate surface area is 177 Å². The zero-order chi connectivity index (χ0) is 19.6. The quantitative estimate of drug-likeness (QED) is 0.736. The van der Waals surface area contributed by atoms with E-state index in [1.807, 2.05) is 0 Å². The number of anilines is 1. The number of fused-ring (bicyclic) bond motifs is 2. The minimum absolute atomic E-state index is 0.172. The topological polar surface area (TPSA) is 51.7 Å². The zero-order valence-corrected chi connectivity index (χ0v) is 17.9. The van der Waals surface area contributed by atoms with Crippen LogP contribution in [0.25, 0.3) is 10.1 Å². The van der Waals surface area contributed by atoms with Crippen LogP contribution in [0.1, 0.15) is 38.5 Å². The summed E-state index contributed by atoms with van der Waals surface area (Å²) < 4.78 is 5.98. The lowest BCUT2D eigenvalue weighted by molar-refractivity contribution is 0.185. The molecule has 2 saturated heterocycles. The molecule has 2 amide bonds. The van der Waals surface area contributed by atoms with Gasteiger partial charge in [0.15, 0.2) is 0 Å². The van der Waals surface area contributed by atoms with Crippen LogP contribution in [0.3, 0.4) is 0 Å². The van der Waals surface area contributed by atoms with E-state index >= 15 is 0 Å². The Morgan fingerprint density at radius 1 is 1.03 bits per heavy atom. The molecule has 2 unspecified atom stereocenters. The summed E-state index contributed by atoms with van der Waals surface area (Å²) in [5.74, 6) is 1.16. The van der Waals surface area contributed by atoms with E-state index in [0.717, 1.165) is 57.9 Å². The van der Waals surface area contributed by atoms with Crippen LogP contribution in [0.5, 0.6) is 0 Å². The summed E-state index contributed by atoms with van der Waals surface area (Å²) >= 11 is 1.60. The number of rotatable bonds is 6. The summed E-state index contributed by atoms with van der Waals surface area (Å²) in [6.45, 7) is 6.34. The van der Waals surface area contributed by atoms with Crippen LogP contribution >= 0.6 is 11.5 Å². The van der Waals surface area contributed by atoms with Crippen molar-refractivity contribution in [2.24, 2.45) is 0 Å². The summed E-state index contributed by atoms with van der Waals surface area (Å²) in [5.41, 5.74) is 0. The molecule has 0 radical (unpaired) electrons. The maximum atomic E-state index is 12.3. The van der Waals surface area contributed by atoms with Gasteiger partial charge in [0.1, 0.15) is 5.82 Å². The second-order valence-electron chi connectivity index (χ2n) is 8.64. The predicted octanol–water partition coefficient (Wildman–Crippen LogP) is 3.53. The highest BCUT2D eigenvalue weighted by molar-refractivity contribution is 7.13. The van der Waals surface area contributed by atoms with Crippen molar-refractivity contribution in [3.63, 3.8) is 0 Å². The molecule has 3 fully saturated rings. The fraction of sp³-hybridized carbons (Fsp3) is 0.636. The van der Waals surface area contributed by atoms with Gasteiger partial charge < -0.3 is 15.1 Å². The first-order valence-electron chi connectivity index (χ1n) is 11.2. The molecule has 0 spiro atoms. The fourth-order valence-electron chi connectivity index (χ4n) is 5.21. The lowest BCUT2D eigenvalue weighted by Gasteiger charge is -2.35. The van der Waals surface area contributed by atoms with Gasteiger partial charge in [-0.15, -0.1) is 0 Å². The minimum atomic E-state index is 0.172. The minimum Gasteiger partial charge on any atom is -0.353 e. The summed E-state index contributed by atoms with van der Waals surface area (Å²) in [4.78, 5) is 19.4. The average Bonchev–Trinajstić information content (AvgIpc) is 3.32. The van der Waals surface area contributed by atoms with E-state index in [1.165, 1.54) is 35.8 Å². The van der Waals surface area contributed by atoms with Gasteiger partial charge in [0.2, 0.25) is 0 Å². The van der Waals surface area contributed by atoms with Crippen molar-refractivity contribution in [1.29, 1.82) is 0 Å². The van der Waals surface area contributed by atoms with Gasteiger partial charge in [-0.3, -0.25) is 4.90 Å². The van der Waals surface area contributed by atoms with Crippen LogP contribution in [-0.2, 0) is 0 Å². The molecule has 3 aliphatic rings. The van der Waals surface area contributed by atoms with E-state index in [4.69, 9.17) is 4.37 Å². The fourth-order valence-corrected chi connectivity index (χ4v) is 6.01. The van der Waals surface area contributed by atoms with E-state index in [-0.39, 0.29) is 6.03 Å². The third kappa shape index (κ3) is 3.94. The van der Waals surface area contributed by atoms with Crippen LogP contribution in [0.15, 0.2) is 24.3 Å². The van der Waals surface area contributed by atoms with E-state index in [9.17, 15) is 4.79 Å². The predicted molar refractivity (Wildman–Crippen MR) is 119 cm³/mol. The van der Waals surface area contributed by atoms with Crippen molar-refractivity contribution in [2.75, 3.05) is 44.2 Å². The van der Waals surface area contributed by atoms with Gasteiger partial charge in [0.05, 0.1) is 16.8 Å². The van der Waals surface area contributed by atoms with Crippen molar-refractivity contribution in [3.05, 3.63) is 24.3 Å². The summed E-state index contributed by atoms with van der Waals surface area (Å²) in [5, 5.41) is 4.48. The van der Waals surface area contributed by atoms with Gasteiger partial charge in [-0.25, -0.2) is 4.79 Å². The molecule has 1 aliphatic carbocycles. The molecule has 2 aliphatic heterocycles. The largest absolute Gasteiger partial charge is 0.353 e. The second-order valence-corrected chi connectivity index (χ2v) is 9.44. The molecule has 1 N–H and O–H groups in total. The van der Waals surface area contributed by atoms with Crippen molar-refractivity contribution < 1.29 is 4.79 Å². The molecule has 5 rings (SSSR count). The maximum absolute atomic E-state index is 12.3. The third-order valence-electron chi connectivity index (χ3n) is 6.85. The number of benzene rings is 1. The van der Waals surface area contributed by atoms with Gasteiger partial charge >= 0.3 is 6.03 Å².